The van der Waals surface area contributed by atoms with Crippen molar-refractivity contribution in [2.24, 2.45) is 4.99 Å². The van der Waals surface area contributed by atoms with Gasteiger partial charge < -0.3 is 24.8 Å². The summed E-state index contributed by atoms with van der Waals surface area (Å²) in [5.74, 6) is 2.30. The Kier molecular flexibility index (Phi) is 9.21. The Hall–Kier alpha value is -1.99. The molecule has 7 nitrogen and oxygen atoms in total. The fraction of sp³-hybridized carbons (Fsp3) is 0.650. The van der Waals surface area contributed by atoms with Crippen molar-refractivity contribution < 1.29 is 14.2 Å². The van der Waals surface area contributed by atoms with Gasteiger partial charge in [-0.05, 0) is 32.9 Å². The molecule has 1 aromatic carbocycles. The molecule has 0 saturated carbocycles. The summed E-state index contributed by atoms with van der Waals surface area (Å²) >= 11 is 0. The second-order valence-corrected chi connectivity index (χ2v) is 6.68. The van der Waals surface area contributed by atoms with E-state index in [0.717, 1.165) is 56.9 Å². The second-order valence-electron chi connectivity index (χ2n) is 6.68. The predicted octanol–water partition coefficient (Wildman–Crippen LogP) is 1.74. The summed E-state index contributed by atoms with van der Waals surface area (Å²) in [7, 11) is 1.65. The average Bonchev–Trinajstić information content (AvgIpc) is 2.71. The molecule has 1 fully saturated rings. The zero-order valence-electron chi connectivity index (χ0n) is 17.0. The number of hydrogen-bond acceptors (Lipinski definition) is 5. The molecule has 0 aliphatic carbocycles. The van der Waals surface area contributed by atoms with Crippen molar-refractivity contribution in [3.8, 4) is 11.5 Å². The van der Waals surface area contributed by atoms with Gasteiger partial charge in [-0.15, -0.1) is 0 Å². The number of guanidine groups is 1. The van der Waals surface area contributed by atoms with E-state index in [1.807, 2.05) is 31.2 Å². The number of morpholine rings is 1. The van der Waals surface area contributed by atoms with Crippen LogP contribution in [0.3, 0.4) is 0 Å². The van der Waals surface area contributed by atoms with Crippen molar-refractivity contribution >= 4 is 5.96 Å². The summed E-state index contributed by atoms with van der Waals surface area (Å²) in [5, 5.41) is 6.66. The Balaban J connectivity index is 1.83. The molecular formula is C20H34N4O3. The Morgan fingerprint density at radius 2 is 1.89 bits per heavy atom. The van der Waals surface area contributed by atoms with E-state index in [-0.39, 0.29) is 6.10 Å². The van der Waals surface area contributed by atoms with Crippen molar-refractivity contribution in [1.82, 2.24) is 15.5 Å². The minimum Gasteiger partial charge on any atom is -0.493 e. The highest BCUT2D eigenvalue weighted by atomic mass is 16.5. The number of ether oxygens (including phenoxy) is 3. The molecule has 1 aliphatic heterocycles. The fourth-order valence-electron chi connectivity index (χ4n) is 2.91. The lowest BCUT2D eigenvalue weighted by atomic mass is 10.2. The Morgan fingerprint density at radius 3 is 2.56 bits per heavy atom. The molecule has 7 heteroatoms. The molecule has 2 unspecified atom stereocenters. The smallest absolute Gasteiger partial charge is 0.191 e. The van der Waals surface area contributed by atoms with Crippen LogP contribution in [0.25, 0.3) is 0 Å². The van der Waals surface area contributed by atoms with Gasteiger partial charge in [0.05, 0.1) is 33.4 Å². The van der Waals surface area contributed by atoms with Gasteiger partial charge in [0.15, 0.2) is 17.5 Å². The number of aliphatic imine (C=N–C) groups is 1. The van der Waals surface area contributed by atoms with Crippen LogP contribution in [0, 0.1) is 0 Å². The first-order valence-corrected chi connectivity index (χ1v) is 9.77. The standard InChI is InChI=1S/C20H34N4O3/c1-5-21-20(22-14-16(2)24-10-12-26-13-11-24)23-15-17(3)27-19-9-7-6-8-18(19)25-4/h6-9,16-17H,5,10-15H2,1-4H3,(H2,21,22,23). The van der Waals surface area contributed by atoms with E-state index in [9.17, 15) is 0 Å². The summed E-state index contributed by atoms with van der Waals surface area (Å²) in [5.41, 5.74) is 0. The third-order valence-electron chi connectivity index (χ3n) is 4.48. The topological polar surface area (TPSA) is 67.4 Å². The number of nitrogens with one attached hydrogen (secondary N) is 2. The van der Waals surface area contributed by atoms with Gasteiger partial charge in [-0.1, -0.05) is 12.1 Å². The minimum atomic E-state index is -0.0261. The van der Waals surface area contributed by atoms with E-state index < -0.39 is 0 Å². The molecule has 1 heterocycles. The summed E-state index contributed by atoms with van der Waals surface area (Å²) in [6.45, 7) is 12.1. The zero-order chi connectivity index (χ0) is 19.5. The molecule has 0 radical (unpaired) electrons. The summed E-state index contributed by atoms with van der Waals surface area (Å²) in [6, 6.07) is 8.08. The highest BCUT2D eigenvalue weighted by molar-refractivity contribution is 5.79. The minimum absolute atomic E-state index is 0.0261. The SMILES string of the molecule is CCNC(=NCC(C)N1CCOCC1)NCC(C)Oc1ccccc1OC. The van der Waals surface area contributed by atoms with Crippen molar-refractivity contribution in [3.05, 3.63) is 24.3 Å². The molecule has 0 aromatic heterocycles. The third-order valence-corrected chi connectivity index (χ3v) is 4.48. The van der Waals surface area contributed by atoms with Crippen LogP contribution in [0.5, 0.6) is 11.5 Å². The van der Waals surface area contributed by atoms with E-state index in [4.69, 9.17) is 19.2 Å². The maximum absolute atomic E-state index is 5.99. The van der Waals surface area contributed by atoms with Crippen LogP contribution in [0.4, 0.5) is 0 Å². The Morgan fingerprint density at radius 1 is 1.19 bits per heavy atom. The van der Waals surface area contributed by atoms with Crippen LogP contribution in [0.1, 0.15) is 20.8 Å². The van der Waals surface area contributed by atoms with Crippen LogP contribution in [0.15, 0.2) is 29.3 Å². The Labute approximate surface area is 163 Å². The Bertz CT molecular complexity index is 576. The summed E-state index contributed by atoms with van der Waals surface area (Å²) in [4.78, 5) is 7.15. The molecule has 1 aromatic rings. The number of methoxy groups -OCH3 is 1. The molecule has 1 aliphatic rings. The van der Waals surface area contributed by atoms with Crippen LogP contribution in [-0.2, 0) is 4.74 Å². The molecule has 0 bridgehead atoms. The fourth-order valence-corrected chi connectivity index (χ4v) is 2.91. The normalized spacial score (nSPS) is 17.9. The lowest BCUT2D eigenvalue weighted by Crippen LogP contribution is -2.45. The van der Waals surface area contributed by atoms with Crippen LogP contribution in [0.2, 0.25) is 0 Å². The summed E-state index contributed by atoms with van der Waals surface area (Å²) < 4.78 is 16.8. The lowest BCUT2D eigenvalue weighted by Gasteiger charge is -2.31. The van der Waals surface area contributed by atoms with Gasteiger partial charge >= 0.3 is 0 Å². The molecule has 1 saturated heterocycles. The van der Waals surface area contributed by atoms with E-state index in [1.54, 1.807) is 7.11 Å². The van der Waals surface area contributed by atoms with Crippen molar-refractivity contribution in [3.63, 3.8) is 0 Å². The molecule has 2 N–H and O–H groups in total. The molecule has 2 rings (SSSR count). The highest BCUT2D eigenvalue weighted by Gasteiger charge is 2.17. The van der Waals surface area contributed by atoms with Crippen LogP contribution >= 0.6 is 0 Å². The molecular weight excluding hydrogens is 344 g/mol. The largest absolute Gasteiger partial charge is 0.493 e. The molecule has 0 amide bonds. The van der Waals surface area contributed by atoms with E-state index in [1.165, 1.54) is 0 Å². The molecule has 2 atom stereocenters. The number of nitrogens with zero attached hydrogens (tertiary/aromatic N) is 2. The summed E-state index contributed by atoms with van der Waals surface area (Å²) in [6.07, 6.45) is -0.0261. The van der Waals surface area contributed by atoms with E-state index in [2.05, 4.69) is 29.4 Å². The van der Waals surface area contributed by atoms with E-state index >= 15 is 0 Å². The molecule has 27 heavy (non-hydrogen) atoms. The molecule has 0 spiro atoms. The van der Waals surface area contributed by atoms with Gasteiger partial charge in [-0.3, -0.25) is 9.89 Å². The van der Waals surface area contributed by atoms with Gasteiger partial charge in [0.25, 0.3) is 0 Å². The third kappa shape index (κ3) is 7.27. The highest BCUT2D eigenvalue weighted by Crippen LogP contribution is 2.26. The van der Waals surface area contributed by atoms with Gasteiger partial charge in [0.2, 0.25) is 0 Å². The molecule has 152 valence electrons. The van der Waals surface area contributed by atoms with Gasteiger partial charge in [-0.25, -0.2) is 0 Å². The number of hydrogen-bond donors (Lipinski definition) is 2. The van der Waals surface area contributed by atoms with Crippen LogP contribution in [-0.4, -0.2) is 76.1 Å². The maximum atomic E-state index is 5.99. The average molecular weight is 379 g/mol. The first-order chi connectivity index (χ1) is 13.1. The van der Waals surface area contributed by atoms with E-state index in [0.29, 0.717) is 12.6 Å². The predicted molar refractivity (Wildman–Crippen MR) is 109 cm³/mol. The first-order valence-electron chi connectivity index (χ1n) is 9.77. The quantitative estimate of drug-likeness (QED) is 0.504. The van der Waals surface area contributed by atoms with Gasteiger partial charge in [-0.2, -0.15) is 0 Å². The lowest BCUT2D eigenvalue weighted by molar-refractivity contribution is 0.0220. The number of rotatable bonds is 9. The number of para-hydroxylation sites is 2. The van der Waals surface area contributed by atoms with Crippen molar-refractivity contribution in [2.75, 3.05) is 53.0 Å². The maximum Gasteiger partial charge on any atom is 0.191 e. The first kappa shape index (κ1) is 21.3. The zero-order valence-corrected chi connectivity index (χ0v) is 17.0. The van der Waals surface area contributed by atoms with Gasteiger partial charge in [0.1, 0.15) is 6.10 Å². The number of benzene rings is 1. The van der Waals surface area contributed by atoms with Gasteiger partial charge in [0, 0.05) is 25.7 Å². The monoisotopic (exact) mass is 378 g/mol. The van der Waals surface area contributed by atoms with Crippen molar-refractivity contribution in [2.45, 2.75) is 32.9 Å². The second kappa shape index (κ2) is 11.7. The van der Waals surface area contributed by atoms with Crippen LogP contribution < -0.4 is 20.1 Å². The van der Waals surface area contributed by atoms with Crippen molar-refractivity contribution in [1.29, 1.82) is 0 Å².